The predicted molar refractivity (Wildman–Crippen MR) is 91.3 cm³/mol. The van der Waals surface area contributed by atoms with Crippen molar-refractivity contribution in [3.63, 3.8) is 0 Å². The second kappa shape index (κ2) is 5.86. The molecule has 0 radical (unpaired) electrons. The molecule has 2 nitrogen and oxygen atoms in total. The van der Waals surface area contributed by atoms with Gasteiger partial charge in [-0.2, -0.15) is 0 Å². The molecule has 1 saturated heterocycles. The third-order valence-electron chi connectivity index (χ3n) is 5.31. The molecule has 1 fully saturated rings. The minimum atomic E-state index is 0.505. The van der Waals surface area contributed by atoms with Gasteiger partial charge in [0, 0.05) is 38.1 Å². The van der Waals surface area contributed by atoms with Gasteiger partial charge in [0.2, 0.25) is 0 Å². The molecule has 2 heteroatoms. The number of fused-ring (bicyclic) bond motifs is 2. The third-order valence-corrected chi connectivity index (χ3v) is 5.31. The SMILES string of the molecule is CN1CCN2CC(c3ccccc3)c3ccccc3CC2C1. The number of hydrogen-bond acceptors (Lipinski definition) is 2. The molecule has 2 aliphatic rings. The summed E-state index contributed by atoms with van der Waals surface area (Å²) in [4.78, 5) is 5.20. The molecule has 0 saturated carbocycles. The lowest BCUT2D eigenvalue weighted by molar-refractivity contribution is 0.0913. The smallest absolute Gasteiger partial charge is 0.0264 e. The minimum absolute atomic E-state index is 0.505. The van der Waals surface area contributed by atoms with Crippen LogP contribution in [0.3, 0.4) is 0 Å². The Hall–Kier alpha value is -1.64. The van der Waals surface area contributed by atoms with E-state index < -0.39 is 0 Å². The summed E-state index contributed by atoms with van der Waals surface area (Å²) >= 11 is 0. The first-order valence-electron chi connectivity index (χ1n) is 8.36. The van der Waals surface area contributed by atoms with Gasteiger partial charge in [-0.25, -0.2) is 0 Å². The Kier molecular flexibility index (Phi) is 3.73. The van der Waals surface area contributed by atoms with Gasteiger partial charge in [0.15, 0.2) is 0 Å². The fraction of sp³-hybridized carbons (Fsp3) is 0.400. The largest absolute Gasteiger partial charge is 0.304 e. The summed E-state index contributed by atoms with van der Waals surface area (Å²) in [5.74, 6) is 0.505. The fourth-order valence-electron chi connectivity index (χ4n) is 4.10. The van der Waals surface area contributed by atoms with Gasteiger partial charge in [-0.15, -0.1) is 0 Å². The summed E-state index contributed by atoms with van der Waals surface area (Å²) in [5, 5.41) is 0. The van der Waals surface area contributed by atoms with Crippen LogP contribution in [0.4, 0.5) is 0 Å². The van der Waals surface area contributed by atoms with E-state index in [-0.39, 0.29) is 0 Å². The maximum atomic E-state index is 2.72. The van der Waals surface area contributed by atoms with E-state index in [9.17, 15) is 0 Å². The number of benzene rings is 2. The van der Waals surface area contributed by atoms with Crippen LogP contribution in [-0.2, 0) is 6.42 Å². The number of hydrogen-bond donors (Lipinski definition) is 0. The molecule has 4 rings (SSSR count). The van der Waals surface area contributed by atoms with E-state index in [4.69, 9.17) is 0 Å². The molecule has 0 N–H and O–H groups in total. The first-order valence-corrected chi connectivity index (χ1v) is 8.36. The van der Waals surface area contributed by atoms with Crippen molar-refractivity contribution in [1.82, 2.24) is 9.80 Å². The van der Waals surface area contributed by atoms with E-state index in [1.165, 1.54) is 37.2 Å². The first kappa shape index (κ1) is 14.0. The van der Waals surface area contributed by atoms with Crippen molar-refractivity contribution in [1.29, 1.82) is 0 Å². The van der Waals surface area contributed by atoms with Crippen molar-refractivity contribution in [2.45, 2.75) is 18.4 Å². The predicted octanol–water partition coefficient (Wildman–Crippen LogP) is 2.99. The molecule has 2 atom stereocenters. The Morgan fingerprint density at radius 3 is 2.50 bits per heavy atom. The molecule has 2 heterocycles. The van der Waals surface area contributed by atoms with Crippen LogP contribution in [0.25, 0.3) is 0 Å². The lowest BCUT2D eigenvalue weighted by atomic mass is 9.88. The van der Waals surface area contributed by atoms with Gasteiger partial charge in [0.1, 0.15) is 0 Å². The zero-order valence-corrected chi connectivity index (χ0v) is 13.3. The van der Waals surface area contributed by atoms with Crippen LogP contribution in [-0.4, -0.2) is 49.1 Å². The van der Waals surface area contributed by atoms with Crippen LogP contribution in [0, 0.1) is 0 Å². The summed E-state index contributed by atoms with van der Waals surface area (Å²) in [5.41, 5.74) is 4.53. The van der Waals surface area contributed by atoms with E-state index in [2.05, 4.69) is 71.4 Å². The van der Waals surface area contributed by atoms with Gasteiger partial charge in [-0.1, -0.05) is 54.6 Å². The Balaban J connectivity index is 1.75. The molecule has 0 bridgehead atoms. The van der Waals surface area contributed by atoms with Crippen LogP contribution >= 0.6 is 0 Å². The zero-order chi connectivity index (χ0) is 14.9. The Bertz CT molecular complexity index is 637. The highest BCUT2D eigenvalue weighted by Crippen LogP contribution is 2.33. The Morgan fingerprint density at radius 2 is 1.64 bits per heavy atom. The number of rotatable bonds is 1. The third kappa shape index (κ3) is 2.57. The van der Waals surface area contributed by atoms with Gasteiger partial charge < -0.3 is 4.90 Å². The average Bonchev–Trinajstić information content (AvgIpc) is 2.72. The van der Waals surface area contributed by atoms with E-state index in [0.29, 0.717) is 12.0 Å². The maximum absolute atomic E-state index is 2.72. The summed E-state index contributed by atoms with van der Waals surface area (Å²) in [6, 6.07) is 20.8. The minimum Gasteiger partial charge on any atom is -0.304 e. The summed E-state index contributed by atoms with van der Waals surface area (Å²) < 4.78 is 0. The molecule has 0 aromatic heterocycles. The van der Waals surface area contributed by atoms with E-state index in [1.807, 2.05) is 0 Å². The fourth-order valence-corrected chi connectivity index (χ4v) is 4.10. The lowest BCUT2D eigenvalue weighted by Gasteiger charge is -2.40. The normalized spacial score (nSPS) is 26.0. The van der Waals surface area contributed by atoms with Crippen LogP contribution in [0.2, 0.25) is 0 Å². The lowest BCUT2D eigenvalue weighted by Crippen LogP contribution is -2.52. The van der Waals surface area contributed by atoms with Crippen molar-refractivity contribution in [3.05, 3.63) is 71.3 Å². The molecule has 2 aromatic rings. The summed E-state index contributed by atoms with van der Waals surface area (Å²) in [6.07, 6.45) is 1.18. The molecule has 2 aliphatic heterocycles. The second-order valence-electron chi connectivity index (χ2n) is 6.78. The van der Waals surface area contributed by atoms with Crippen LogP contribution < -0.4 is 0 Å². The molecule has 0 amide bonds. The van der Waals surface area contributed by atoms with Crippen molar-refractivity contribution in [3.8, 4) is 0 Å². The molecule has 22 heavy (non-hydrogen) atoms. The van der Waals surface area contributed by atoms with Gasteiger partial charge in [-0.05, 0) is 30.2 Å². The summed E-state index contributed by atoms with van der Waals surface area (Å²) in [6.45, 7) is 4.72. The number of piperazine rings is 1. The summed E-state index contributed by atoms with van der Waals surface area (Å²) in [7, 11) is 2.25. The van der Waals surface area contributed by atoms with E-state index in [1.54, 1.807) is 5.56 Å². The molecule has 2 unspecified atom stereocenters. The monoisotopic (exact) mass is 292 g/mol. The number of likely N-dealkylation sites (N-methyl/N-ethyl adjacent to an activating group) is 1. The molecular formula is C20H24N2. The molecule has 0 spiro atoms. The van der Waals surface area contributed by atoms with Crippen LogP contribution in [0.5, 0.6) is 0 Å². The zero-order valence-electron chi connectivity index (χ0n) is 13.3. The van der Waals surface area contributed by atoms with E-state index >= 15 is 0 Å². The van der Waals surface area contributed by atoms with Gasteiger partial charge >= 0.3 is 0 Å². The van der Waals surface area contributed by atoms with Crippen molar-refractivity contribution in [2.75, 3.05) is 33.2 Å². The Labute approximate surface area is 133 Å². The van der Waals surface area contributed by atoms with Crippen molar-refractivity contribution in [2.24, 2.45) is 0 Å². The van der Waals surface area contributed by atoms with Crippen LogP contribution in [0.1, 0.15) is 22.6 Å². The quantitative estimate of drug-likeness (QED) is 0.797. The van der Waals surface area contributed by atoms with Crippen LogP contribution in [0.15, 0.2) is 54.6 Å². The molecule has 2 aromatic carbocycles. The number of nitrogens with zero attached hydrogens (tertiary/aromatic N) is 2. The van der Waals surface area contributed by atoms with Gasteiger partial charge in [0.25, 0.3) is 0 Å². The van der Waals surface area contributed by atoms with E-state index in [0.717, 1.165) is 6.54 Å². The molecule has 114 valence electrons. The maximum Gasteiger partial charge on any atom is 0.0264 e. The van der Waals surface area contributed by atoms with Crippen molar-refractivity contribution < 1.29 is 0 Å². The first-order chi connectivity index (χ1) is 10.8. The highest BCUT2D eigenvalue weighted by molar-refractivity contribution is 5.40. The van der Waals surface area contributed by atoms with Gasteiger partial charge in [0.05, 0.1) is 0 Å². The topological polar surface area (TPSA) is 6.48 Å². The standard InChI is InChI=1S/C20H24N2/c1-21-11-12-22-15-20(16-7-3-2-4-8-16)19-10-6-5-9-17(19)13-18(22)14-21/h2-10,18,20H,11-15H2,1H3. The molecular weight excluding hydrogens is 268 g/mol. The Morgan fingerprint density at radius 1 is 0.864 bits per heavy atom. The highest BCUT2D eigenvalue weighted by Gasteiger charge is 2.32. The second-order valence-corrected chi connectivity index (χ2v) is 6.78. The average molecular weight is 292 g/mol. The highest BCUT2D eigenvalue weighted by atomic mass is 15.3. The van der Waals surface area contributed by atoms with Gasteiger partial charge in [-0.3, -0.25) is 4.90 Å². The molecule has 0 aliphatic carbocycles. The van der Waals surface area contributed by atoms with Crippen molar-refractivity contribution >= 4 is 0 Å².